The summed E-state index contributed by atoms with van der Waals surface area (Å²) in [6.07, 6.45) is 6.19. The lowest BCUT2D eigenvalue weighted by Gasteiger charge is -2.28. The molecule has 1 saturated heterocycles. The molecule has 1 fully saturated rings. The number of allylic oxidation sites excluding steroid dienone is 2. The van der Waals surface area contributed by atoms with E-state index in [1.165, 1.54) is 35.6 Å². The monoisotopic (exact) mass is 448 g/mol. The van der Waals surface area contributed by atoms with Gasteiger partial charge in [0.15, 0.2) is 0 Å². The number of anilines is 1. The van der Waals surface area contributed by atoms with Crippen LogP contribution in [0, 0.1) is 6.92 Å². The van der Waals surface area contributed by atoms with Crippen molar-refractivity contribution >= 4 is 27.6 Å². The van der Waals surface area contributed by atoms with Crippen LogP contribution in [0.5, 0.6) is 0 Å². The summed E-state index contributed by atoms with van der Waals surface area (Å²) < 4.78 is 42.8. The van der Waals surface area contributed by atoms with Crippen molar-refractivity contribution in [3.8, 4) is 0 Å². The molecular weight excluding hydrogens is 424 g/mol. The molecule has 31 heavy (non-hydrogen) atoms. The molecule has 0 amide bonds. The molecule has 0 aromatic heterocycles. The van der Waals surface area contributed by atoms with Gasteiger partial charge in [0.2, 0.25) is 10.0 Å². The molecule has 0 aliphatic carbocycles. The van der Waals surface area contributed by atoms with Gasteiger partial charge in [0.25, 0.3) is 0 Å². The third-order valence-corrected chi connectivity index (χ3v) is 6.97. The Bertz CT molecular complexity index is 1070. The van der Waals surface area contributed by atoms with Crippen LogP contribution in [0.4, 0.5) is 5.69 Å². The maximum atomic E-state index is 13.2. The maximum Gasteiger partial charge on any atom is 0.355 e. The van der Waals surface area contributed by atoms with Gasteiger partial charge in [-0.05, 0) is 36.8 Å². The summed E-state index contributed by atoms with van der Waals surface area (Å²) in [5.41, 5.74) is 0.832. The molecule has 0 atom stereocenters. The molecule has 1 aromatic carbocycles. The van der Waals surface area contributed by atoms with Crippen molar-refractivity contribution in [1.29, 1.82) is 0 Å². The highest BCUT2D eigenvalue weighted by atomic mass is 32.2. The van der Waals surface area contributed by atoms with E-state index in [1.54, 1.807) is 37.4 Å². The minimum absolute atomic E-state index is 0.0162. The van der Waals surface area contributed by atoms with Crippen molar-refractivity contribution in [1.82, 2.24) is 4.31 Å². The van der Waals surface area contributed by atoms with Crippen LogP contribution in [0.15, 0.2) is 58.8 Å². The summed E-state index contributed by atoms with van der Waals surface area (Å²) in [5.74, 6) is -1.49. The number of ether oxygens (including phenoxy) is 3. The lowest BCUT2D eigenvalue weighted by Crippen LogP contribution is -2.40. The first-order valence-corrected chi connectivity index (χ1v) is 11.0. The Morgan fingerprint density at radius 1 is 1.03 bits per heavy atom. The number of carbonyl (C=O) groups excluding carboxylic acids is 2. The van der Waals surface area contributed by atoms with E-state index in [-0.39, 0.29) is 29.3 Å². The molecule has 0 saturated carbocycles. The van der Waals surface area contributed by atoms with Gasteiger partial charge in [-0.2, -0.15) is 4.31 Å². The van der Waals surface area contributed by atoms with Gasteiger partial charge in [-0.15, -0.1) is 0 Å². The summed E-state index contributed by atoms with van der Waals surface area (Å²) in [6, 6.07) is 4.80. The number of aryl methyl sites for hydroxylation is 1. The molecule has 3 rings (SSSR count). The quantitative estimate of drug-likeness (QED) is 0.625. The number of rotatable bonds is 5. The number of sulfonamides is 1. The standard InChI is InChI=1S/C21H24N2O7S/c1-15-7-8-16(14-18(15)31(26,27)22-10-12-30-13-11-22)23-9-5-4-6-17(20(24)28-2)19(23)21(25)29-3/h4-9,14H,10-13H2,1-3H3. The van der Waals surface area contributed by atoms with Gasteiger partial charge in [-0.1, -0.05) is 12.1 Å². The molecule has 2 heterocycles. The van der Waals surface area contributed by atoms with Crippen LogP contribution in [0.1, 0.15) is 5.56 Å². The van der Waals surface area contributed by atoms with Crippen molar-refractivity contribution in [2.45, 2.75) is 11.8 Å². The summed E-state index contributed by atoms with van der Waals surface area (Å²) in [6.45, 7) is 2.89. The largest absolute Gasteiger partial charge is 0.465 e. The third-order valence-electron chi connectivity index (χ3n) is 4.93. The minimum atomic E-state index is -3.78. The number of benzene rings is 1. The van der Waals surface area contributed by atoms with Crippen molar-refractivity contribution < 1.29 is 32.2 Å². The number of hydrogen-bond acceptors (Lipinski definition) is 8. The average molecular weight is 448 g/mol. The first-order chi connectivity index (χ1) is 14.8. The summed E-state index contributed by atoms with van der Waals surface area (Å²) in [7, 11) is -1.37. The number of hydrogen-bond donors (Lipinski definition) is 0. The van der Waals surface area contributed by atoms with E-state index in [9.17, 15) is 18.0 Å². The van der Waals surface area contributed by atoms with E-state index < -0.39 is 22.0 Å². The van der Waals surface area contributed by atoms with E-state index in [1.807, 2.05) is 0 Å². The SMILES string of the molecule is COC(=O)C1=C(C(=O)OC)N(c2ccc(C)c(S(=O)(=O)N3CCOCC3)c2)C=CC=C1. The lowest BCUT2D eigenvalue weighted by molar-refractivity contribution is -0.139. The third kappa shape index (κ3) is 4.55. The number of morpholine rings is 1. The second kappa shape index (κ2) is 9.46. The Morgan fingerprint density at radius 3 is 2.35 bits per heavy atom. The fourth-order valence-corrected chi connectivity index (χ4v) is 4.96. The Balaban J connectivity index is 2.14. The molecule has 0 unspecified atom stereocenters. The Hall–Kier alpha value is -2.95. The zero-order chi connectivity index (χ0) is 22.6. The van der Waals surface area contributed by atoms with Crippen LogP contribution in [-0.2, 0) is 33.8 Å². The second-order valence-electron chi connectivity index (χ2n) is 6.78. The van der Waals surface area contributed by atoms with Gasteiger partial charge in [0, 0.05) is 25.0 Å². The molecule has 0 radical (unpaired) electrons. The molecule has 0 N–H and O–H groups in total. The maximum absolute atomic E-state index is 13.2. The Morgan fingerprint density at radius 2 is 1.71 bits per heavy atom. The molecule has 10 heteroatoms. The van der Waals surface area contributed by atoms with Crippen LogP contribution >= 0.6 is 0 Å². The van der Waals surface area contributed by atoms with E-state index in [0.717, 1.165) is 0 Å². The van der Waals surface area contributed by atoms with Crippen molar-refractivity contribution in [2.24, 2.45) is 0 Å². The van der Waals surface area contributed by atoms with Crippen molar-refractivity contribution in [2.75, 3.05) is 45.4 Å². The lowest BCUT2D eigenvalue weighted by atomic mass is 10.1. The van der Waals surface area contributed by atoms with E-state index in [4.69, 9.17) is 14.2 Å². The van der Waals surface area contributed by atoms with Crippen molar-refractivity contribution in [3.63, 3.8) is 0 Å². The van der Waals surface area contributed by atoms with Gasteiger partial charge in [0.05, 0.1) is 37.9 Å². The highest BCUT2D eigenvalue weighted by Gasteiger charge is 2.31. The fourth-order valence-electron chi connectivity index (χ4n) is 3.31. The molecule has 0 bridgehead atoms. The van der Waals surface area contributed by atoms with Crippen LogP contribution in [0.3, 0.4) is 0 Å². The van der Waals surface area contributed by atoms with Gasteiger partial charge in [-0.3, -0.25) is 0 Å². The summed E-state index contributed by atoms with van der Waals surface area (Å²) in [4.78, 5) is 26.4. The molecule has 2 aliphatic rings. The van der Waals surface area contributed by atoms with Gasteiger partial charge in [0.1, 0.15) is 5.70 Å². The van der Waals surface area contributed by atoms with E-state index >= 15 is 0 Å². The minimum Gasteiger partial charge on any atom is -0.465 e. The first kappa shape index (κ1) is 22.7. The number of esters is 2. The number of methoxy groups -OCH3 is 2. The van der Waals surface area contributed by atoms with Gasteiger partial charge < -0.3 is 19.1 Å². The first-order valence-electron chi connectivity index (χ1n) is 9.54. The normalized spacial score (nSPS) is 17.5. The summed E-state index contributed by atoms with van der Waals surface area (Å²) in [5, 5.41) is 0. The van der Waals surface area contributed by atoms with Gasteiger partial charge >= 0.3 is 11.9 Å². The zero-order valence-electron chi connectivity index (χ0n) is 17.5. The predicted molar refractivity (Wildman–Crippen MR) is 113 cm³/mol. The number of nitrogens with zero attached hydrogens (tertiary/aromatic N) is 2. The Labute approximate surface area is 181 Å². The van der Waals surface area contributed by atoms with E-state index in [0.29, 0.717) is 24.5 Å². The number of carbonyl (C=O) groups is 2. The highest BCUT2D eigenvalue weighted by Crippen LogP contribution is 2.31. The Kier molecular flexibility index (Phi) is 6.94. The molecule has 0 spiro atoms. The molecule has 166 valence electrons. The van der Waals surface area contributed by atoms with E-state index in [2.05, 4.69) is 0 Å². The van der Waals surface area contributed by atoms with Crippen LogP contribution < -0.4 is 4.90 Å². The van der Waals surface area contributed by atoms with Crippen molar-refractivity contribution in [3.05, 3.63) is 59.5 Å². The predicted octanol–water partition coefficient (Wildman–Crippen LogP) is 1.51. The fraction of sp³-hybridized carbons (Fsp3) is 0.333. The second-order valence-corrected chi connectivity index (χ2v) is 8.69. The molecule has 2 aliphatic heterocycles. The average Bonchev–Trinajstić information content (AvgIpc) is 3.02. The van der Waals surface area contributed by atoms with Crippen LogP contribution in [-0.4, -0.2) is 65.2 Å². The summed E-state index contributed by atoms with van der Waals surface area (Å²) >= 11 is 0. The molecule has 1 aromatic rings. The molecule has 9 nitrogen and oxygen atoms in total. The smallest absolute Gasteiger partial charge is 0.355 e. The molecular formula is C21H24N2O7S. The highest BCUT2D eigenvalue weighted by molar-refractivity contribution is 7.89. The zero-order valence-corrected chi connectivity index (χ0v) is 18.3. The topological polar surface area (TPSA) is 102 Å². The van der Waals surface area contributed by atoms with Crippen LogP contribution in [0.25, 0.3) is 0 Å². The van der Waals surface area contributed by atoms with Gasteiger partial charge in [-0.25, -0.2) is 18.0 Å². The van der Waals surface area contributed by atoms with Crippen LogP contribution in [0.2, 0.25) is 0 Å².